The summed E-state index contributed by atoms with van der Waals surface area (Å²) in [5.41, 5.74) is 2.20. The van der Waals surface area contributed by atoms with Gasteiger partial charge in [0.05, 0.1) is 11.1 Å². The molecule has 0 aliphatic heterocycles. The Hall–Kier alpha value is -1.42. The van der Waals surface area contributed by atoms with Crippen molar-refractivity contribution in [3.05, 3.63) is 35.7 Å². The summed E-state index contributed by atoms with van der Waals surface area (Å²) in [5.74, 6) is 1.14. The molecule has 4 nitrogen and oxygen atoms in total. The van der Waals surface area contributed by atoms with Crippen LogP contribution in [0.3, 0.4) is 0 Å². The summed E-state index contributed by atoms with van der Waals surface area (Å²) in [6, 6.07) is 8.17. The Morgan fingerprint density at radius 3 is 2.65 bits per heavy atom. The molecule has 0 spiro atoms. The van der Waals surface area contributed by atoms with E-state index in [4.69, 9.17) is 11.6 Å². The second kappa shape index (κ2) is 4.84. The van der Waals surface area contributed by atoms with Gasteiger partial charge < -0.3 is 0 Å². The molecule has 0 saturated heterocycles. The van der Waals surface area contributed by atoms with Gasteiger partial charge in [-0.25, -0.2) is 0 Å². The number of aromatic nitrogens is 4. The maximum atomic E-state index is 6.04. The molecule has 1 aromatic heterocycles. The third-order valence-electron chi connectivity index (χ3n) is 2.63. The van der Waals surface area contributed by atoms with Gasteiger partial charge in [0, 0.05) is 0 Å². The van der Waals surface area contributed by atoms with Crippen LogP contribution < -0.4 is 0 Å². The molecule has 0 bridgehead atoms. The lowest BCUT2D eigenvalue weighted by molar-refractivity contribution is 0.756. The minimum absolute atomic E-state index is 0.215. The summed E-state index contributed by atoms with van der Waals surface area (Å²) in [4.78, 5) is 0. The Bertz CT molecular complexity index is 505. The largest absolute Gasteiger partial charge is 0.196 e. The number of benzene rings is 1. The molecule has 0 fully saturated rings. The average Bonchev–Trinajstić information content (AvgIpc) is 2.78. The molecule has 17 heavy (non-hydrogen) atoms. The lowest BCUT2D eigenvalue weighted by Gasteiger charge is -2.09. The van der Waals surface area contributed by atoms with Gasteiger partial charge in [-0.1, -0.05) is 26.0 Å². The summed E-state index contributed by atoms with van der Waals surface area (Å²) >= 11 is 6.04. The summed E-state index contributed by atoms with van der Waals surface area (Å²) < 4.78 is 1.68. The van der Waals surface area contributed by atoms with Crippen molar-refractivity contribution in [1.82, 2.24) is 20.2 Å². The van der Waals surface area contributed by atoms with Crippen molar-refractivity contribution >= 4 is 11.6 Å². The normalized spacial score (nSPS) is 13.0. The number of hydrogen-bond donors (Lipinski definition) is 0. The summed E-state index contributed by atoms with van der Waals surface area (Å²) in [5, 5.41) is 11.4. The average molecular weight is 251 g/mol. The van der Waals surface area contributed by atoms with Crippen molar-refractivity contribution in [1.29, 1.82) is 0 Å². The van der Waals surface area contributed by atoms with E-state index in [2.05, 4.69) is 41.5 Å². The molecule has 90 valence electrons. The highest BCUT2D eigenvalue weighted by Crippen LogP contribution is 2.21. The highest BCUT2D eigenvalue weighted by molar-refractivity contribution is 6.20. The van der Waals surface area contributed by atoms with Gasteiger partial charge in [0.25, 0.3) is 0 Å². The number of hydrogen-bond acceptors (Lipinski definition) is 3. The first-order valence-corrected chi connectivity index (χ1v) is 6.06. The fourth-order valence-corrected chi connectivity index (χ4v) is 1.78. The van der Waals surface area contributed by atoms with Gasteiger partial charge in [-0.05, 0) is 41.0 Å². The molecule has 1 aromatic carbocycles. The van der Waals surface area contributed by atoms with Gasteiger partial charge >= 0.3 is 0 Å². The van der Waals surface area contributed by atoms with Crippen molar-refractivity contribution in [3.8, 4) is 5.69 Å². The van der Waals surface area contributed by atoms with Crippen LogP contribution in [0.2, 0.25) is 0 Å². The molecule has 1 unspecified atom stereocenters. The lowest BCUT2D eigenvalue weighted by Crippen LogP contribution is -2.04. The number of tetrazole rings is 1. The number of alkyl halides is 1. The molecule has 0 amide bonds. The van der Waals surface area contributed by atoms with Crippen LogP contribution in [-0.2, 0) is 0 Å². The monoisotopic (exact) mass is 250 g/mol. The Balaban J connectivity index is 2.46. The van der Waals surface area contributed by atoms with E-state index in [-0.39, 0.29) is 5.38 Å². The molecule has 0 saturated carbocycles. The molecule has 0 radical (unpaired) electrons. The molecule has 1 heterocycles. The SMILES string of the molecule is CC(C)c1cccc(-n2nnnc2C(C)Cl)c1. The standard InChI is InChI=1S/C12H15ClN4/c1-8(2)10-5-4-6-11(7-10)17-12(9(3)13)14-15-16-17/h4-9H,1-3H3. The highest BCUT2D eigenvalue weighted by atomic mass is 35.5. The number of halogens is 1. The Kier molecular flexibility index (Phi) is 3.43. The van der Waals surface area contributed by atoms with E-state index in [0.29, 0.717) is 11.7 Å². The van der Waals surface area contributed by atoms with Gasteiger partial charge in [-0.3, -0.25) is 0 Å². The minimum Gasteiger partial charge on any atom is -0.196 e. The van der Waals surface area contributed by atoms with Crippen LogP contribution in [0.5, 0.6) is 0 Å². The predicted molar refractivity (Wildman–Crippen MR) is 67.5 cm³/mol. The van der Waals surface area contributed by atoms with Gasteiger partial charge in [0.2, 0.25) is 0 Å². The van der Waals surface area contributed by atoms with E-state index in [1.165, 1.54) is 5.56 Å². The van der Waals surface area contributed by atoms with Crippen LogP contribution in [-0.4, -0.2) is 20.2 Å². The smallest absolute Gasteiger partial charge is 0.174 e. The first-order chi connectivity index (χ1) is 8.09. The van der Waals surface area contributed by atoms with E-state index in [1.807, 2.05) is 19.1 Å². The second-order valence-corrected chi connectivity index (χ2v) is 4.97. The maximum Gasteiger partial charge on any atom is 0.174 e. The number of nitrogens with zero attached hydrogens (tertiary/aromatic N) is 4. The molecular weight excluding hydrogens is 236 g/mol. The van der Waals surface area contributed by atoms with E-state index in [0.717, 1.165) is 5.69 Å². The third kappa shape index (κ3) is 2.47. The topological polar surface area (TPSA) is 43.6 Å². The fourth-order valence-electron chi connectivity index (χ4n) is 1.64. The van der Waals surface area contributed by atoms with Crippen molar-refractivity contribution in [2.45, 2.75) is 32.1 Å². The third-order valence-corrected chi connectivity index (χ3v) is 2.83. The molecule has 0 aliphatic carbocycles. The van der Waals surface area contributed by atoms with Gasteiger partial charge in [-0.2, -0.15) is 4.68 Å². The van der Waals surface area contributed by atoms with E-state index in [1.54, 1.807) is 4.68 Å². The van der Waals surface area contributed by atoms with E-state index in [9.17, 15) is 0 Å². The second-order valence-electron chi connectivity index (χ2n) is 4.31. The van der Waals surface area contributed by atoms with Crippen molar-refractivity contribution in [3.63, 3.8) is 0 Å². The Morgan fingerprint density at radius 1 is 1.24 bits per heavy atom. The molecule has 5 heteroatoms. The van der Waals surface area contributed by atoms with Crippen molar-refractivity contribution < 1.29 is 0 Å². The van der Waals surface area contributed by atoms with Crippen LogP contribution in [0.4, 0.5) is 0 Å². The Labute approximate surface area is 106 Å². The fraction of sp³-hybridized carbons (Fsp3) is 0.417. The van der Waals surface area contributed by atoms with Crippen molar-refractivity contribution in [2.75, 3.05) is 0 Å². The zero-order chi connectivity index (χ0) is 12.4. The molecule has 2 rings (SSSR count). The molecule has 2 aromatic rings. The van der Waals surface area contributed by atoms with Gasteiger partial charge in [0.15, 0.2) is 5.82 Å². The van der Waals surface area contributed by atoms with Gasteiger partial charge in [0.1, 0.15) is 0 Å². The summed E-state index contributed by atoms with van der Waals surface area (Å²) in [6.45, 7) is 6.17. The molecule has 0 aliphatic rings. The van der Waals surface area contributed by atoms with Crippen LogP contribution in [0.25, 0.3) is 5.69 Å². The predicted octanol–water partition coefficient (Wildman–Crippen LogP) is 3.09. The van der Waals surface area contributed by atoms with Crippen LogP contribution in [0.15, 0.2) is 24.3 Å². The van der Waals surface area contributed by atoms with Gasteiger partial charge in [-0.15, -0.1) is 16.7 Å². The van der Waals surface area contributed by atoms with Crippen LogP contribution in [0, 0.1) is 0 Å². The summed E-state index contributed by atoms with van der Waals surface area (Å²) in [7, 11) is 0. The highest BCUT2D eigenvalue weighted by Gasteiger charge is 2.13. The minimum atomic E-state index is -0.215. The maximum absolute atomic E-state index is 6.04. The summed E-state index contributed by atoms with van der Waals surface area (Å²) in [6.07, 6.45) is 0. The first-order valence-electron chi connectivity index (χ1n) is 5.62. The van der Waals surface area contributed by atoms with Crippen LogP contribution >= 0.6 is 11.6 Å². The quantitative estimate of drug-likeness (QED) is 0.787. The molecule has 1 atom stereocenters. The van der Waals surface area contributed by atoms with Crippen LogP contribution in [0.1, 0.15) is 43.5 Å². The van der Waals surface area contributed by atoms with E-state index >= 15 is 0 Å². The molecule has 0 N–H and O–H groups in total. The molecular formula is C12H15ClN4. The first kappa shape index (κ1) is 12.0. The zero-order valence-electron chi connectivity index (χ0n) is 10.1. The zero-order valence-corrected chi connectivity index (χ0v) is 10.9. The Morgan fingerprint density at radius 2 is 2.00 bits per heavy atom. The number of rotatable bonds is 3. The lowest BCUT2D eigenvalue weighted by atomic mass is 10.0. The van der Waals surface area contributed by atoms with Crippen molar-refractivity contribution in [2.24, 2.45) is 0 Å². The van der Waals surface area contributed by atoms with E-state index < -0.39 is 0 Å².